The summed E-state index contributed by atoms with van der Waals surface area (Å²) < 4.78 is 13.2. The minimum atomic E-state index is -0.237. The van der Waals surface area contributed by atoms with E-state index >= 15 is 0 Å². The largest absolute Gasteiger partial charge is 0.454 e. The molecule has 0 spiro atoms. The van der Waals surface area contributed by atoms with Crippen LogP contribution in [-0.4, -0.2) is 22.5 Å². The quantitative estimate of drug-likeness (QED) is 0.240. The molecule has 176 valence electrons. The van der Waals surface area contributed by atoms with Crippen LogP contribution in [0, 0.1) is 31.1 Å². The highest BCUT2D eigenvalue weighted by Crippen LogP contribution is 2.32. The van der Waals surface area contributed by atoms with E-state index in [4.69, 9.17) is 9.47 Å². The summed E-state index contributed by atoms with van der Waals surface area (Å²) in [6.07, 6.45) is 5.02. The molecule has 0 amide bonds. The number of aromatic nitrogens is 2. The van der Waals surface area contributed by atoms with Gasteiger partial charge in [0.2, 0.25) is 6.79 Å². The molecule has 0 aliphatic heterocycles. The molecule has 1 saturated carbocycles. The van der Waals surface area contributed by atoms with Crippen molar-refractivity contribution in [3.63, 3.8) is 0 Å². The van der Waals surface area contributed by atoms with Gasteiger partial charge in [-0.2, -0.15) is 10.4 Å². The number of nitriles is 1. The van der Waals surface area contributed by atoms with Gasteiger partial charge >= 0.3 is 5.97 Å². The Hall–Kier alpha value is -3.07. The molecule has 33 heavy (non-hydrogen) atoms. The number of benzene rings is 1. The molecule has 1 fully saturated rings. The van der Waals surface area contributed by atoms with Crippen LogP contribution in [-0.2, 0) is 26.7 Å². The van der Waals surface area contributed by atoms with Crippen LogP contribution in [0.2, 0.25) is 0 Å². The number of hydrogen-bond donors (Lipinski definition) is 0. The Morgan fingerprint density at radius 1 is 1.12 bits per heavy atom. The summed E-state index contributed by atoms with van der Waals surface area (Å²) in [5.41, 5.74) is 4.81. The third-order valence-electron chi connectivity index (χ3n) is 6.46. The summed E-state index contributed by atoms with van der Waals surface area (Å²) in [5.74, 6) is 0.0916. The van der Waals surface area contributed by atoms with Gasteiger partial charge < -0.3 is 9.47 Å². The molecule has 3 rings (SSSR count). The van der Waals surface area contributed by atoms with Gasteiger partial charge in [-0.25, -0.2) is 0 Å². The fourth-order valence-corrected chi connectivity index (χ4v) is 4.33. The molecule has 1 heterocycles. The summed E-state index contributed by atoms with van der Waals surface area (Å²) >= 11 is 0. The van der Waals surface area contributed by atoms with Crippen LogP contribution in [0.15, 0.2) is 24.3 Å². The van der Waals surface area contributed by atoms with Crippen molar-refractivity contribution in [1.29, 1.82) is 5.26 Å². The molecule has 1 aliphatic carbocycles. The van der Waals surface area contributed by atoms with Gasteiger partial charge in [0.25, 0.3) is 0 Å². The van der Waals surface area contributed by atoms with Crippen molar-refractivity contribution >= 4 is 17.3 Å². The number of ether oxygens (including phenoxy) is 2. The molecule has 2 aromatic rings. The number of carbonyl (C=O) groups excluding carboxylic acids is 1. The lowest BCUT2D eigenvalue weighted by atomic mass is 9.86. The van der Waals surface area contributed by atoms with Crippen LogP contribution >= 0.6 is 0 Å². The predicted octanol–water partition coefficient (Wildman–Crippen LogP) is 5.82. The van der Waals surface area contributed by atoms with Gasteiger partial charge in [-0.1, -0.05) is 64.3 Å². The highest BCUT2D eigenvalue weighted by atomic mass is 16.7. The number of rotatable bonds is 6. The zero-order valence-electron chi connectivity index (χ0n) is 20.7. The Bertz CT molecular complexity index is 1060. The number of aryl methyl sites for hydroxylation is 2. The SMILES string of the molecule is Cc1nn(C)c(/C(OCOC(=O)C2CCCCC2)=C(\C#N)c2ccc(C(C)(C)C)cc2)c1C. The lowest BCUT2D eigenvalue weighted by molar-refractivity contribution is -0.157. The normalized spacial score (nSPS) is 15.5. The van der Waals surface area contributed by atoms with Crippen molar-refractivity contribution in [3.8, 4) is 6.07 Å². The lowest BCUT2D eigenvalue weighted by Gasteiger charge is -2.21. The van der Waals surface area contributed by atoms with Gasteiger partial charge in [-0.3, -0.25) is 9.48 Å². The number of hydrogen-bond acceptors (Lipinski definition) is 5. The number of esters is 1. The Labute approximate surface area is 197 Å². The standard InChI is InChI=1S/C27H35N3O3/c1-18-19(2)29-30(6)24(18)25(32-17-33-26(31)21-10-8-7-9-11-21)23(16-28)20-12-14-22(15-13-20)27(3,4)5/h12-15,21H,7-11,17H2,1-6H3/b25-23-. The van der Waals surface area contributed by atoms with E-state index in [1.807, 2.05) is 45.2 Å². The summed E-state index contributed by atoms with van der Waals surface area (Å²) in [7, 11) is 1.82. The van der Waals surface area contributed by atoms with Gasteiger partial charge in [-0.05, 0) is 43.2 Å². The summed E-state index contributed by atoms with van der Waals surface area (Å²) in [5, 5.41) is 14.6. The minimum absolute atomic E-state index is 0.0113. The topological polar surface area (TPSA) is 77.1 Å². The zero-order chi connectivity index (χ0) is 24.2. The summed E-state index contributed by atoms with van der Waals surface area (Å²) in [4.78, 5) is 12.5. The van der Waals surface area contributed by atoms with Crippen molar-refractivity contribution in [2.45, 2.75) is 72.1 Å². The average molecular weight is 450 g/mol. The van der Waals surface area contributed by atoms with Crippen LogP contribution in [0.5, 0.6) is 0 Å². The Morgan fingerprint density at radius 2 is 1.76 bits per heavy atom. The zero-order valence-corrected chi connectivity index (χ0v) is 20.7. The first-order chi connectivity index (χ1) is 15.6. The Balaban J connectivity index is 1.94. The second-order valence-electron chi connectivity index (χ2n) is 9.89. The summed E-state index contributed by atoms with van der Waals surface area (Å²) in [6.45, 7) is 10.1. The first-order valence-corrected chi connectivity index (χ1v) is 11.7. The molecule has 1 aromatic carbocycles. The van der Waals surface area contributed by atoms with Gasteiger partial charge in [0.15, 0.2) is 5.76 Å². The average Bonchev–Trinajstić information content (AvgIpc) is 3.04. The molecule has 0 unspecified atom stereocenters. The molecule has 0 bridgehead atoms. The molecule has 1 aliphatic rings. The van der Waals surface area contributed by atoms with Crippen LogP contribution < -0.4 is 0 Å². The monoisotopic (exact) mass is 449 g/mol. The minimum Gasteiger partial charge on any atom is -0.454 e. The third kappa shape index (κ3) is 5.65. The predicted molar refractivity (Wildman–Crippen MR) is 129 cm³/mol. The van der Waals surface area contributed by atoms with E-state index in [0.717, 1.165) is 42.5 Å². The second-order valence-corrected chi connectivity index (χ2v) is 9.89. The van der Waals surface area contributed by atoms with E-state index in [2.05, 4.69) is 31.9 Å². The molecule has 0 N–H and O–H groups in total. The number of nitrogens with zero attached hydrogens (tertiary/aromatic N) is 3. The first kappa shape index (κ1) is 24.6. The van der Waals surface area contributed by atoms with E-state index in [1.165, 1.54) is 12.0 Å². The van der Waals surface area contributed by atoms with E-state index in [9.17, 15) is 10.1 Å². The van der Waals surface area contributed by atoms with Gasteiger partial charge in [0.05, 0.1) is 11.6 Å². The lowest BCUT2D eigenvalue weighted by Crippen LogP contribution is -2.21. The maximum absolute atomic E-state index is 12.5. The molecule has 6 nitrogen and oxygen atoms in total. The first-order valence-electron chi connectivity index (χ1n) is 11.7. The van der Waals surface area contributed by atoms with E-state index in [0.29, 0.717) is 17.0 Å². The fraction of sp³-hybridized carbons (Fsp3) is 0.519. The highest BCUT2D eigenvalue weighted by molar-refractivity contribution is 5.94. The van der Waals surface area contributed by atoms with Crippen LogP contribution in [0.3, 0.4) is 0 Å². The van der Waals surface area contributed by atoms with Crippen molar-refractivity contribution in [3.05, 3.63) is 52.3 Å². The summed E-state index contributed by atoms with van der Waals surface area (Å²) in [6, 6.07) is 10.3. The smallest absolute Gasteiger partial charge is 0.311 e. The maximum atomic E-state index is 12.5. The molecule has 0 saturated heterocycles. The third-order valence-corrected chi connectivity index (χ3v) is 6.46. The number of carbonyl (C=O) groups is 1. The van der Waals surface area contributed by atoms with Crippen LogP contribution in [0.25, 0.3) is 11.3 Å². The van der Waals surface area contributed by atoms with Crippen LogP contribution in [0.4, 0.5) is 0 Å². The van der Waals surface area contributed by atoms with E-state index < -0.39 is 0 Å². The molecular weight excluding hydrogens is 414 g/mol. The van der Waals surface area contributed by atoms with Crippen molar-refractivity contribution in [1.82, 2.24) is 9.78 Å². The molecule has 1 aromatic heterocycles. The molecule has 0 radical (unpaired) electrons. The maximum Gasteiger partial charge on any atom is 0.311 e. The highest BCUT2D eigenvalue weighted by Gasteiger charge is 2.25. The van der Waals surface area contributed by atoms with Gasteiger partial charge in [0.1, 0.15) is 17.3 Å². The fourth-order valence-electron chi connectivity index (χ4n) is 4.33. The van der Waals surface area contributed by atoms with Crippen molar-refractivity contribution in [2.75, 3.05) is 6.79 Å². The van der Waals surface area contributed by atoms with Crippen molar-refractivity contribution < 1.29 is 14.3 Å². The van der Waals surface area contributed by atoms with Gasteiger partial charge in [0, 0.05) is 12.6 Å². The van der Waals surface area contributed by atoms with Gasteiger partial charge in [-0.15, -0.1) is 0 Å². The second kappa shape index (κ2) is 10.2. The van der Waals surface area contributed by atoms with E-state index in [1.54, 1.807) is 4.68 Å². The Morgan fingerprint density at radius 3 is 2.27 bits per heavy atom. The van der Waals surface area contributed by atoms with E-state index in [-0.39, 0.29) is 24.1 Å². The van der Waals surface area contributed by atoms with Crippen LogP contribution in [0.1, 0.15) is 81.0 Å². The van der Waals surface area contributed by atoms with Crippen molar-refractivity contribution in [2.24, 2.45) is 13.0 Å². The molecule has 6 heteroatoms. The molecular formula is C27H35N3O3. The molecule has 0 atom stereocenters. The number of allylic oxidation sites excluding steroid dienone is 1. The Kier molecular flexibility index (Phi) is 7.63.